The second-order valence-corrected chi connectivity index (χ2v) is 3.64. The Labute approximate surface area is 81.1 Å². The van der Waals surface area contributed by atoms with Gasteiger partial charge in [0.1, 0.15) is 0 Å². The summed E-state index contributed by atoms with van der Waals surface area (Å²) in [5.41, 5.74) is 0. The summed E-state index contributed by atoms with van der Waals surface area (Å²) < 4.78 is 0. The molecule has 1 aromatic heterocycles. The molecule has 0 radical (unpaired) electrons. The highest BCUT2D eigenvalue weighted by Crippen LogP contribution is 2.18. The number of rotatable bonds is 3. The van der Waals surface area contributed by atoms with Crippen LogP contribution < -0.4 is 0 Å². The van der Waals surface area contributed by atoms with E-state index >= 15 is 0 Å². The molecule has 0 spiro atoms. The van der Waals surface area contributed by atoms with Gasteiger partial charge in [-0.15, -0.1) is 11.3 Å². The summed E-state index contributed by atoms with van der Waals surface area (Å²) in [6, 6.07) is 5.71. The molecule has 0 aliphatic rings. The van der Waals surface area contributed by atoms with Crippen molar-refractivity contribution in [3.05, 3.63) is 28.0 Å². The lowest BCUT2D eigenvalue weighted by molar-refractivity contribution is 0.102. The van der Waals surface area contributed by atoms with E-state index in [2.05, 4.69) is 0 Å². The van der Waals surface area contributed by atoms with Crippen LogP contribution in [0.1, 0.15) is 27.9 Å². The third-order valence-corrected chi connectivity index (χ3v) is 2.62. The van der Waals surface area contributed by atoms with E-state index in [9.17, 15) is 4.79 Å². The van der Waals surface area contributed by atoms with E-state index in [4.69, 9.17) is 5.26 Å². The number of nitriles is 1. The van der Waals surface area contributed by atoms with E-state index in [1.165, 1.54) is 11.3 Å². The summed E-state index contributed by atoms with van der Waals surface area (Å²) in [6.45, 7) is 1.55. The van der Waals surface area contributed by atoms with Crippen molar-refractivity contribution >= 4 is 23.2 Å². The molecule has 1 rings (SSSR count). The highest BCUT2D eigenvalue weighted by Gasteiger charge is 2.00. The van der Waals surface area contributed by atoms with E-state index in [0.717, 1.165) is 9.75 Å². The lowest BCUT2D eigenvalue weighted by atomic mass is 10.3. The van der Waals surface area contributed by atoms with Gasteiger partial charge in [0.15, 0.2) is 5.78 Å². The normalized spacial score (nSPS) is 10.2. The molecule has 0 aliphatic heterocycles. The summed E-state index contributed by atoms with van der Waals surface area (Å²) in [6.07, 6.45) is 4.06. The fourth-order valence-electron chi connectivity index (χ4n) is 0.859. The van der Waals surface area contributed by atoms with Crippen LogP contribution in [0.15, 0.2) is 18.2 Å². The van der Waals surface area contributed by atoms with Crippen molar-refractivity contribution < 1.29 is 4.79 Å². The Balaban J connectivity index is 2.70. The topological polar surface area (TPSA) is 40.9 Å². The van der Waals surface area contributed by atoms with Crippen LogP contribution in [0.3, 0.4) is 0 Å². The predicted molar refractivity (Wildman–Crippen MR) is 53.6 cm³/mol. The number of carbonyl (C=O) groups is 1. The highest BCUT2D eigenvalue weighted by molar-refractivity contribution is 7.14. The van der Waals surface area contributed by atoms with Gasteiger partial charge in [-0.3, -0.25) is 4.79 Å². The third kappa shape index (κ3) is 2.85. The minimum atomic E-state index is 0.0879. The first-order valence-electron chi connectivity index (χ1n) is 3.88. The number of ketones is 1. The maximum atomic E-state index is 10.9. The van der Waals surface area contributed by atoms with Crippen molar-refractivity contribution in [3.63, 3.8) is 0 Å². The minimum Gasteiger partial charge on any atom is -0.294 e. The summed E-state index contributed by atoms with van der Waals surface area (Å²) in [7, 11) is 0. The quantitative estimate of drug-likeness (QED) is 0.689. The fourth-order valence-corrected chi connectivity index (χ4v) is 1.69. The Kier molecular flexibility index (Phi) is 3.41. The van der Waals surface area contributed by atoms with Crippen LogP contribution in [0.4, 0.5) is 0 Å². The Hall–Kier alpha value is -1.40. The van der Waals surface area contributed by atoms with Crippen LogP contribution >= 0.6 is 11.3 Å². The van der Waals surface area contributed by atoms with Gasteiger partial charge in [0.25, 0.3) is 0 Å². The van der Waals surface area contributed by atoms with E-state index in [1.54, 1.807) is 19.1 Å². The molecular weight excluding hydrogens is 182 g/mol. The van der Waals surface area contributed by atoms with Gasteiger partial charge in [-0.05, 0) is 25.1 Å². The van der Waals surface area contributed by atoms with E-state index in [0.29, 0.717) is 6.42 Å². The van der Waals surface area contributed by atoms with E-state index in [1.807, 2.05) is 18.2 Å². The maximum absolute atomic E-state index is 10.9. The molecule has 0 fully saturated rings. The maximum Gasteiger partial charge on any atom is 0.169 e. The molecule has 1 aromatic rings. The molecule has 0 atom stereocenters. The van der Waals surface area contributed by atoms with Crippen molar-refractivity contribution in [2.24, 2.45) is 0 Å². The largest absolute Gasteiger partial charge is 0.294 e. The molecule has 0 saturated carbocycles. The van der Waals surface area contributed by atoms with Crippen LogP contribution in [0.25, 0.3) is 6.08 Å². The van der Waals surface area contributed by atoms with Crippen molar-refractivity contribution in [3.8, 4) is 6.07 Å². The summed E-state index contributed by atoms with van der Waals surface area (Å²) in [5.74, 6) is 0.0879. The van der Waals surface area contributed by atoms with Gasteiger partial charge < -0.3 is 0 Å². The zero-order valence-electron chi connectivity index (χ0n) is 7.28. The molecule has 0 aromatic carbocycles. The molecule has 0 unspecified atom stereocenters. The number of Topliss-reactive ketones (excluding diaryl/α,β-unsaturated/α-hetero) is 1. The lowest BCUT2D eigenvalue weighted by Gasteiger charge is -1.83. The molecule has 2 nitrogen and oxygen atoms in total. The van der Waals surface area contributed by atoms with E-state index < -0.39 is 0 Å². The Morgan fingerprint density at radius 1 is 1.69 bits per heavy atom. The van der Waals surface area contributed by atoms with Gasteiger partial charge in [-0.25, -0.2) is 0 Å². The van der Waals surface area contributed by atoms with E-state index in [-0.39, 0.29) is 5.78 Å². The van der Waals surface area contributed by atoms with Gasteiger partial charge in [0.2, 0.25) is 0 Å². The van der Waals surface area contributed by atoms with Crippen LogP contribution in [0.5, 0.6) is 0 Å². The van der Waals surface area contributed by atoms with Crippen LogP contribution in [0, 0.1) is 11.3 Å². The molecular formula is C10H9NOS. The molecule has 0 bridgehead atoms. The van der Waals surface area contributed by atoms with Crippen LogP contribution in [0.2, 0.25) is 0 Å². The SMILES string of the molecule is CC(=O)c1ccc(C=CCC#N)s1. The third-order valence-electron chi connectivity index (χ3n) is 1.47. The van der Waals surface area contributed by atoms with Gasteiger partial charge in [0, 0.05) is 4.88 Å². The molecule has 0 amide bonds. The highest BCUT2D eigenvalue weighted by atomic mass is 32.1. The smallest absolute Gasteiger partial charge is 0.169 e. The Morgan fingerprint density at radius 3 is 3.00 bits per heavy atom. The minimum absolute atomic E-state index is 0.0879. The molecule has 13 heavy (non-hydrogen) atoms. The second-order valence-electron chi connectivity index (χ2n) is 2.52. The van der Waals surface area contributed by atoms with Crippen molar-refractivity contribution in [2.75, 3.05) is 0 Å². The molecule has 0 N–H and O–H groups in total. The first-order valence-corrected chi connectivity index (χ1v) is 4.70. The average Bonchev–Trinajstić information content (AvgIpc) is 2.53. The summed E-state index contributed by atoms with van der Waals surface area (Å²) in [4.78, 5) is 12.7. The number of hydrogen-bond donors (Lipinski definition) is 0. The zero-order chi connectivity index (χ0) is 9.68. The number of thiophene rings is 1. The summed E-state index contributed by atoms with van der Waals surface area (Å²) >= 11 is 1.45. The summed E-state index contributed by atoms with van der Waals surface area (Å²) in [5, 5.41) is 8.29. The standard InChI is InChI=1S/C10H9NOS/c1-8(12)10-6-5-9(13-10)4-2-3-7-11/h2,4-6H,3H2,1H3. The molecule has 1 heterocycles. The Bertz CT molecular complexity index is 371. The van der Waals surface area contributed by atoms with Gasteiger partial charge in [0.05, 0.1) is 17.4 Å². The van der Waals surface area contributed by atoms with Gasteiger partial charge >= 0.3 is 0 Å². The Morgan fingerprint density at radius 2 is 2.46 bits per heavy atom. The molecule has 66 valence electrons. The predicted octanol–water partition coefficient (Wildman–Crippen LogP) is 2.88. The van der Waals surface area contributed by atoms with Gasteiger partial charge in [-0.1, -0.05) is 6.08 Å². The number of hydrogen-bond acceptors (Lipinski definition) is 3. The van der Waals surface area contributed by atoms with Crippen molar-refractivity contribution in [1.29, 1.82) is 5.26 Å². The molecule has 3 heteroatoms. The number of carbonyl (C=O) groups excluding carboxylic acids is 1. The van der Waals surface area contributed by atoms with Crippen LogP contribution in [-0.2, 0) is 0 Å². The molecule has 0 saturated heterocycles. The fraction of sp³-hybridized carbons (Fsp3) is 0.200. The monoisotopic (exact) mass is 191 g/mol. The zero-order valence-corrected chi connectivity index (χ0v) is 8.10. The first-order chi connectivity index (χ1) is 6.24. The number of nitrogens with zero attached hydrogens (tertiary/aromatic N) is 1. The lowest BCUT2D eigenvalue weighted by Crippen LogP contribution is -1.83. The second kappa shape index (κ2) is 4.58. The molecule has 0 aliphatic carbocycles. The van der Waals surface area contributed by atoms with Gasteiger partial charge in [-0.2, -0.15) is 5.26 Å². The van der Waals surface area contributed by atoms with Crippen molar-refractivity contribution in [1.82, 2.24) is 0 Å². The average molecular weight is 191 g/mol. The van der Waals surface area contributed by atoms with Crippen molar-refractivity contribution in [2.45, 2.75) is 13.3 Å². The first kappa shape index (κ1) is 9.69. The van der Waals surface area contributed by atoms with Crippen LogP contribution in [-0.4, -0.2) is 5.78 Å². The number of allylic oxidation sites excluding steroid dienone is 1.